The van der Waals surface area contributed by atoms with Gasteiger partial charge in [-0.3, -0.25) is 0 Å². The van der Waals surface area contributed by atoms with E-state index in [-0.39, 0.29) is 0 Å². The van der Waals surface area contributed by atoms with Gasteiger partial charge in [0, 0.05) is 11.4 Å². The second kappa shape index (κ2) is 10.6. The van der Waals surface area contributed by atoms with E-state index < -0.39 is 0 Å². The van der Waals surface area contributed by atoms with Crippen LogP contribution in [0.15, 0.2) is 53.5 Å². The van der Waals surface area contributed by atoms with Crippen LogP contribution in [0.1, 0.15) is 57.5 Å². The van der Waals surface area contributed by atoms with E-state index in [1.165, 1.54) is 27.4 Å². The van der Waals surface area contributed by atoms with Crippen LogP contribution in [-0.4, -0.2) is 17.4 Å². The molecule has 2 aromatic rings. The van der Waals surface area contributed by atoms with Gasteiger partial charge >= 0.3 is 0 Å². The van der Waals surface area contributed by atoms with Crippen LogP contribution in [0.4, 0.5) is 0 Å². The third kappa shape index (κ3) is 6.07. The number of aromatic nitrogens is 1. The molecule has 1 heterocycles. The highest BCUT2D eigenvalue weighted by Crippen LogP contribution is 2.26. The predicted molar refractivity (Wildman–Crippen MR) is 125 cm³/mol. The van der Waals surface area contributed by atoms with Crippen LogP contribution in [0.2, 0.25) is 0 Å². The summed E-state index contributed by atoms with van der Waals surface area (Å²) >= 11 is 1.79. The topological polar surface area (TPSA) is 14.2 Å². The summed E-state index contributed by atoms with van der Waals surface area (Å²) in [6, 6.07) is 12.9. The van der Waals surface area contributed by atoms with E-state index in [0.29, 0.717) is 18.4 Å². The first-order chi connectivity index (χ1) is 13.3. The summed E-state index contributed by atoms with van der Waals surface area (Å²) in [4.78, 5) is 1.32. The quantitative estimate of drug-likeness (QED) is 0.412. The van der Waals surface area contributed by atoms with E-state index in [9.17, 15) is 0 Å². The smallest absolute Gasteiger partial charge is 0.119 e. The van der Waals surface area contributed by atoms with Gasteiger partial charge in [-0.25, -0.2) is 0 Å². The molecule has 0 N–H and O–H groups in total. The van der Waals surface area contributed by atoms with Crippen molar-refractivity contribution in [2.75, 3.05) is 12.9 Å². The Hall–Kier alpha value is -1.87. The summed E-state index contributed by atoms with van der Waals surface area (Å²) in [7, 11) is 0. The Morgan fingerprint density at radius 2 is 1.71 bits per heavy atom. The van der Waals surface area contributed by atoms with Crippen molar-refractivity contribution in [3.05, 3.63) is 70.4 Å². The van der Waals surface area contributed by atoms with Crippen molar-refractivity contribution in [2.45, 2.75) is 54.0 Å². The average molecular weight is 398 g/mol. The number of hydrogen-bond acceptors (Lipinski definition) is 2. The molecule has 152 valence electrons. The standard InChI is InChI=1S/C25H35NOS/c1-18(2)22-10-12-23(13-11-22)27-17-16-26-20(5)8-15-25(26)24(19(3)4)14-9-21(6)28-7/h8-15,18-19H,16-17H2,1-7H3/b21-9+,24-14+. The predicted octanol–water partition coefficient (Wildman–Crippen LogP) is 7.31. The Morgan fingerprint density at radius 3 is 2.29 bits per heavy atom. The third-order valence-electron chi connectivity index (χ3n) is 5.07. The van der Waals surface area contributed by atoms with Crippen molar-refractivity contribution >= 4 is 17.3 Å². The number of rotatable bonds is 9. The summed E-state index contributed by atoms with van der Waals surface area (Å²) in [6.07, 6.45) is 6.61. The molecule has 0 fully saturated rings. The number of hydrogen-bond donors (Lipinski definition) is 0. The molecule has 28 heavy (non-hydrogen) atoms. The van der Waals surface area contributed by atoms with Gasteiger partial charge < -0.3 is 9.30 Å². The second-order valence-corrected chi connectivity index (χ2v) is 8.89. The molecule has 2 rings (SSSR count). The Bertz CT molecular complexity index is 810. The maximum Gasteiger partial charge on any atom is 0.119 e. The summed E-state index contributed by atoms with van der Waals surface area (Å²) < 4.78 is 8.40. The van der Waals surface area contributed by atoms with E-state index >= 15 is 0 Å². The van der Waals surface area contributed by atoms with E-state index in [4.69, 9.17) is 4.74 Å². The molecule has 0 radical (unpaired) electrons. The van der Waals surface area contributed by atoms with E-state index in [1.54, 1.807) is 11.8 Å². The number of allylic oxidation sites excluding steroid dienone is 4. The number of nitrogens with zero attached hydrogens (tertiary/aromatic N) is 1. The SMILES string of the molecule is CS/C(C)=C/C=C(/c1ccc(C)n1CCOc1ccc(C(C)C)cc1)C(C)C. The fourth-order valence-corrected chi connectivity index (χ4v) is 3.37. The molecular weight excluding hydrogens is 362 g/mol. The lowest BCUT2D eigenvalue weighted by Crippen LogP contribution is -2.13. The van der Waals surface area contributed by atoms with Crippen LogP contribution >= 0.6 is 11.8 Å². The number of thioether (sulfide) groups is 1. The normalized spacial score (nSPS) is 12.9. The molecule has 0 spiro atoms. The van der Waals surface area contributed by atoms with Crippen molar-refractivity contribution in [2.24, 2.45) is 5.92 Å². The second-order valence-electron chi connectivity index (χ2n) is 7.84. The molecule has 0 bridgehead atoms. The Labute approximate surface area is 175 Å². The van der Waals surface area contributed by atoms with Crippen LogP contribution in [0.25, 0.3) is 5.57 Å². The third-order valence-corrected chi connectivity index (χ3v) is 5.85. The van der Waals surface area contributed by atoms with E-state index in [1.807, 2.05) is 0 Å². The van der Waals surface area contributed by atoms with Crippen molar-refractivity contribution in [1.82, 2.24) is 4.57 Å². The Balaban J connectivity index is 2.13. The molecule has 1 aromatic heterocycles. The van der Waals surface area contributed by atoms with Crippen molar-refractivity contribution in [1.29, 1.82) is 0 Å². The largest absolute Gasteiger partial charge is 0.492 e. The first kappa shape index (κ1) is 22.4. The highest BCUT2D eigenvalue weighted by molar-refractivity contribution is 8.02. The maximum atomic E-state index is 6.02. The van der Waals surface area contributed by atoms with Gasteiger partial charge in [-0.05, 0) is 72.2 Å². The summed E-state index contributed by atoms with van der Waals surface area (Å²) in [6.45, 7) is 14.8. The zero-order valence-corrected chi connectivity index (χ0v) is 19.3. The lowest BCUT2D eigenvalue weighted by molar-refractivity contribution is 0.296. The van der Waals surface area contributed by atoms with Crippen LogP contribution in [0, 0.1) is 12.8 Å². The Morgan fingerprint density at radius 1 is 1.04 bits per heavy atom. The Kier molecular flexibility index (Phi) is 8.50. The molecule has 0 aliphatic carbocycles. The van der Waals surface area contributed by atoms with Gasteiger partial charge in [-0.2, -0.15) is 0 Å². The zero-order valence-electron chi connectivity index (χ0n) is 18.5. The first-order valence-electron chi connectivity index (χ1n) is 10.1. The van der Waals surface area contributed by atoms with Gasteiger partial charge in [0.05, 0.1) is 6.54 Å². The molecule has 2 nitrogen and oxygen atoms in total. The molecule has 0 saturated carbocycles. The van der Waals surface area contributed by atoms with Gasteiger partial charge in [0.2, 0.25) is 0 Å². The van der Waals surface area contributed by atoms with Gasteiger partial charge in [-0.1, -0.05) is 52.0 Å². The molecule has 0 atom stereocenters. The van der Waals surface area contributed by atoms with Gasteiger partial charge in [-0.15, -0.1) is 11.8 Å². The van der Waals surface area contributed by atoms with Gasteiger partial charge in [0.25, 0.3) is 0 Å². The van der Waals surface area contributed by atoms with Crippen LogP contribution in [-0.2, 0) is 6.54 Å². The lowest BCUT2D eigenvalue weighted by Gasteiger charge is -2.17. The number of aryl methyl sites for hydroxylation is 1. The minimum Gasteiger partial charge on any atom is -0.492 e. The molecule has 0 aliphatic rings. The molecule has 0 unspecified atom stereocenters. The van der Waals surface area contributed by atoms with Crippen LogP contribution in [0.5, 0.6) is 5.75 Å². The molecule has 3 heteroatoms. The van der Waals surface area contributed by atoms with E-state index in [0.717, 1.165) is 12.3 Å². The van der Waals surface area contributed by atoms with Crippen LogP contribution < -0.4 is 4.74 Å². The minimum atomic E-state index is 0.462. The highest BCUT2D eigenvalue weighted by Gasteiger charge is 2.13. The monoisotopic (exact) mass is 397 g/mol. The van der Waals surface area contributed by atoms with Crippen molar-refractivity contribution < 1.29 is 4.74 Å². The lowest BCUT2D eigenvalue weighted by atomic mass is 9.99. The molecule has 0 saturated heterocycles. The van der Waals surface area contributed by atoms with Crippen molar-refractivity contribution in [3.8, 4) is 5.75 Å². The molecular formula is C25H35NOS. The molecule has 1 aromatic carbocycles. The fourth-order valence-electron chi connectivity index (χ4n) is 3.17. The summed E-state index contributed by atoms with van der Waals surface area (Å²) in [5, 5.41) is 0. The average Bonchev–Trinajstić information content (AvgIpc) is 3.02. The maximum absolute atomic E-state index is 6.02. The highest BCUT2D eigenvalue weighted by atomic mass is 32.2. The summed E-state index contributed by atoms with van der Waals surface area (Å²) in [5.41, 5.74) is 5.27. The van der Waals surface area contributed by atoms with Gasteiger partial charge in [0.1, 0.15) is 12.4 Å². The summed E-state index contributed by atoms with van der Waals surface area (Å²) in [5.74, 6) is 1.95. The zero-order chi connectivity index (χ0) is 20.7. The number of benzene rings is 1. The molecule has 0 amide bonds. The number of ether oxygens (including phenoxy) is 1. The van der Waals surface area contributed by atoms with Gasteiger partial charge in [0.15, 0.2) is 0 Å². The minimum absolute atomic E-state index is 0.462. The fraction of sp³-hybridized carbons (Fsp3) is 0.440. The first-order valence-corrected chi connectivity index (χ1v) is 11.4. The van der Waals surface area contributed by atoms with E-state index in [2.05, 4.69) is 101 Å². The molecule has 0 aliphatic heterocycles. The van der Waals surface area contributed by atoms with Crippen molar-refractivity contribution in [3.63, 3.8) is 0 Å². The van der Waals surface area contributed by atoms with Crippen LogP contribution in [0.3, 0.4) is 0 Å².